The third-order valence-electron chi connectivity index (χ3n) is 4.99. The van der Waals surface area contributed by atoms with Gasteiger partial charge in [-0.25, -0.2) is 4.79 Å². The van der Waals surface area contributed by atoms with Crippen molar-refractivity contribution in [3.8, 4) is 0 Å². The number of benzene rings is 2. The summed E-state index contributed by atoms with van der Waals surface area (Å²) < 4.78 is 0. The van der Waals surface area contributed by atoms with Gasteiger partial charge in [-0.15, -0.1) is 0 Å². The summed E-state index contributed by atoms with van der Waals surface area (Å²) in [4.78, 5) is 11.7. The Balaban J connectivity index is 0.000000360. The van der Waals surface area contributed by atoms with E-state index in [-0.39, 0.29) is 27.9 Å². The summed E-state index contributed by atoms with van der Waals surface area (Å²) >= 11 is 5.27. The first kappa shape index (κ1) is 31.4. The number of carbonyl (C=O) groups is 1. The summed E-state index contributed by atoms with van der Waals surface area (Å²) in [7, 11) is 0. The second kappa shape index (κ2) is 12.1. The van der Waals surface area contributed by atoms with Crippen molar-refractivity contribution >= 4 is 34.7 Å². The van der Waals surface area contributed by atoms with E-state index < -0.39 is 0 Å². The molecule has 0 atom stereocenters. The van der Waals surface area contributed by atoms with Crippen LogP contribution in [0.15, 0.2) is 48.5 Å². The van der Waals surface area contributed by atoms with E-state index in [1.54, 1.807) is 0 Å². The van der Waals surface area contributed by atoms with Crippen molar-refractivity contribution in [2.75, 3.05) is 10.6 Å². The highest BCUT2D eigenvalue weighted by molar-refractivity contribution is 7.80. The Labute approximate surface area is 225 Å². The second-order valence-corrected chi connectivity index (χ2v) is 13.7. The van der Waals surface area contributed by atoms with Gasteiger partial charge in [-0.3, -0.25) is 0 Å². The highest BCUT2D eigenvalue weighted by Crippen LogP contribution is 2.24. The van der Waals surface area contributed by atoms with Crippen molar-refractivity contribution < 1.29 is 4.79 Å². The molecule has 0 radical (unpaired) electrons. The van der Waals surface area contributed by atoms with Crippen molar-refractivity contribution in [3.05, 3.63) is 59.7 Å². The Hall–Kier alpha value is -2.60. The van der Waals surface area contributed by atoms with Crippen LogP contribution in [0.1, 0.15) is 94.2 Å². The highest BCUT2D eigenvalue weighted by Gasteiger charge is 2.16. The van der Waals surface area contributed by atoms with Gasteiger partial charge in [0.2, 0.25) is 0 Å². The number of thiocarbonyl (C=S) groups is 1. The summed E-state index contributed by atoms with van der Waals surface area (Å²) in [5.74, 6) is 0. The largest absolute Gasteiger partial charge is 0.358 e. The van der Waals surface area contributed by atoms with Crippen LogP contribution >= 0.6 is 12.2 Å². The van der Waals surface area contributed by atoms with Crippen LogP contribution in [0.2, 0.25) is 0 Å². The van der Waals surface area contributed by atoms with Gasteiger partial charge in [-0.1, -0.05) is 65.8 Å². The Morgan fingerprint density at radius 3 is 1.19 bits per heavy atom. The number of hydrogen-bond acceptors (Lipinski definition) is 2. The first-order valence-electron chi connectivity index (χ1n) is 12.6. The minimum atomic E-state index is -0.227. The molecule has 0 aliphatic heterocycles. The van der Waals surface area contributed by atoms with E-state index in [4.69, 9.17) is 12.2 Å². The Kier molecular flexibility index (Phi) is 10.6. The lowest BCUT2D eigenvalue weighted by Gasteiger charge is -2.23. The van der Waals surface area contributed by atoms with E-state index in [0.717, 1.165) is 11.4 Å². The molecule has 0 unspecified atom stereocenters. The monoisotopic (exact) mass is 512 g/mol. The minimum Gasteiger partial charge on any atom is -0.358 e. The van der Waals surface area contributed by atoms with E-state index in [1.807, 2.05) is 45.0 Å². The lowest BCUT2D eigenvalue weighted by Crippen LogP contribution is -2.43. The van der Waals surface area contributed by atoms with Gasteiger partial charge < -0.3 is 21.3 Å². The highest BCUT2D eigenvalue weighted by atomic mass is 32.1. The Morgan fingerprint density at radius 2 is 0.889 bits per heavy atom. The van der Waals surface area contributed by atoms with Crippen LogP contribution in [0.25, 0.3) is 0 Å². The molecular weight excluding hydrogens is 464 g/mol. The summed E-state index contributed by atoms with van der Waals surface area (Å²) in [6, 6.07) is 16.2. The van der Waals surface area contributed by atoms with E-state index in [9.17, 15) is 4.79 Å². The van der Waals surface area contributed by atoms with Crippen LogP contribution in [-0.4, -0.2) is 22.2 Å². The number of hydrogen-bond donors (Lipinski definition) is 4. The lowest BCUT2D eigenvalue weighted by atomic mass is 9.87. The maximum atomic E-state index is 11.7. The molecule has 0 aliphatic rings. The Bertz CT molecular complexity index is 901. The van der Waals surface area contributed by atoms with Gasteiger partial charge in [0.05, 0.1) is 0 Å². The summed E-state index contributed by atoms with van der Waals surface area (Å²) in [6.45, 7) is 25.3. The number of urea groups is 1. The number of anilines is 2. The zero-order chi connectivity index (χ0) is 27.9. The molecule has 5 nitrogen and oxygen atoms in total. The van der Waals surface area contributed by atoms with E-state index >= 15 is 0 Å². The predicted octanol–water partition coefficient (Wildman–Crippen LogP) is 7.97. The van der Waals surface area contributed by atoms with Gasteiger partial charge in [0.25, 0.3) is 0 Å². The molecule has 0 aliphatic carbocycles. The predicted molar refractivity (Wildman–Crippen MR) is 161 cm³/mol. The smallest absolute Gasteiger partial charge is 0.319 e. The quantitative estimate of drug-likeness (QED) is 0.308. The fourth-order valence-electron chi connectivity index (χ4n) is 3.11. The molecule has 2 aromatic rings. The number of nitrogens with one attached hydrogen (secondary N) is 4. The second-order valence-electron chi connectivity index (χ2n) is 13.3. The fourth-order valence-corrected chi connectivity index (χ4v) is 3.54. The van der Waals surface area contributed by atoms with Crippen LogP contribution in [-0.2, 0) is 10.8 Å². The normalized spacial score (nSPS) is 12.1. The topological polar surface area (TPSA) is 65.2 Å². The van der Waals surface area contributed by atoms with Gasteiger partial charge in [-0.2, -0.15) is 0 Å². The molecule has 0 saturated carbocycles. The molecule has 6 heteroatoms. The zero-order valence-electron chi connectivity index (χ0n) is 24.4. The molecule has 2 aromatic carbocycles. The van der Waals surface area contributed by atoms with Gasteiger partial charge in [-0.05, 0) is 100.0 Å². The van der Waals surface area contributed by atoms with Gasteiger partial charge in [0, 0.05) is 22.5 Å². The summed E-state index contributed by atoms with van der Waals surface area (Å²) in [6.07, 6.45) is 0. The molecule has 0 fully saturated rings. The minimum absolute atomic E-state index is 0.0184. The molecule has 2 rings (SSSR count). The van der Waals surface area contributed by atoms with Crippen molar-refractivity contribution in [1.29, 1.82) is 0 Å². The average molecular weight is 513 g/mol. The van der Waals surface area contributed by atoms with Gasteiger partial charge in [0.1, 0.15) is 0 Å². The molecule has 4 N–H and O–H groups in total. The standard InChI is InChI=1S/C15H24N2O.C15H24N2S/c2*1-14(2,3)11-7-9-12(10-8-11)16-13(18)17-15(4,5)6/h2*7-10H,1-6H3,(H2,16,17,18). The lowest BCUT2D eigenvalue weighted by molar-refractivity contribution is 0.244. The molecule has 200 valence electrons. The van der Waals surface area contributed by atoms with Crippen molar-refractivity contribution in [2.45, 2.75) is 105 Å². The SMILES string of the molecule is CC(C)(C)NC(=O)Nc1ccc(C(C)(C)C)cc1.CC(C)(C)NC(=S)Nc1ccc(C(C)(C)C)cc1. The van der Waals surface area contributed by atoms with Gasteiger partial charge in [0.15, 0.2) is 5.11 Å². The molecule has 0 bridgehead atoms. The number of rotatable bonds is 2. The third-order valence-corrected chi connectivity index (χ3v) is 5.20. The third kappa shape index (κ3) is 12.9. The van der Waals surface area contributed by atoms with E-state index in [1.165, 1.54) is 11.1 Å². The molecule has 0 aromatic heterocycles. The molecule has 0 spiro atoms. The maximum Gasteiger partial charge on any atom is 0.319 e. The van der Waals surface area contributed by atoms with Crippen LogP contribution in [0.4, 0.5) is 16.2 Å². The molecule has 0 heterocycles. The molecule has 36 heavy (non-hydrogen) atoms. The van der Waals surface area contributed by atoms with E-state index in [0.29, 0.717) is 5.11 Å². The van der Waals surface area contributed by atoms with Crippen molar-refractivity contribution in [3.63, 3.8) is 0 Å². The Morgan fingerprint density at radius 1 is 0.556 bits per heavy atom. The molecular formula is C30H48N4OS. The van der Waals surface area contributed by atoms with Crippen LogP contribution < -0.4 is 21.3 Å². The van der Waals surface area contributed by atoms with Crippen LogP contribution in [0, 0.1) is 0 Å². The first-order chi connectivity index (χ1) is 16.2. The molecule has 2 amide bonds. The summed E-state index contributed by atoms with van der Waals surface area (Å²) in [5, 5.41) is 12.8. The van der Waals surface area contributed by atoms with Crippen LogP contribution in [0.3, 0.4) is 0 Å². The number of carbonyl (C=O) groups excluding carboxylic acids is 1. The fraction of sp³-hybridized carbons (Fsp3) is 0.533. The maximum absolute atomic E-state index is 11.7. The zero-order valence-corrected chi connectivity index (χ0v) is 25.3. The van der Waals surface area contributed by atoms with Crippen molar-refractivity contribution in [1.82, 2.24) is 10.6 Å². The van der Waals surface area contributed by atoms with Crippen molar-refractivity contribution in [2.24, 2.45) is 0 Å². The number of amides is 2. The van der Waals surface area contributed by atoms with E-state index in [2.05, 4.69) is 108 Å². The molecule has 0 saturated heterocycles. The van der Waals surface area contributed by atoms with Crippen LogP contribution in [0.5, 0.6) is 0 Å². The average Bonchev–Trinajstić information content (AvgIpc) is 2.65. The van der Waals surface area contributed by atoms with Gasteiger partial charge >= 0.3 is 6.03 Å². The first-order valence-corrected chi connectivity index (χ1v) is 13.0. The summed E-state index contributed by atoms with van der Waals surface area (Å²) in [5.41, 5.74) is 4.47.